The SMILES string of the molecule is CC.CC.CC.CCN(CC)C(=O)c1ccccc1C. The summed E-state index contributed by atoms with van der Waals surface area (Å²) in [5, 5.41) is 0. The van der Waals surface area contributed by atoms with Crippen molar-refractivity contribution < 1.29 is 4.79 Å². The summed E-state index contributed by atoms with van der Waals surface area (Å²) in [5.41, 5.74) is 1.86. The van der Waals surface area contributed by atoms with Gasteiger partial charge in [-0.3, -0.25) is 4.79 Å². The third kappa shape index (κ3) is 8.73. The number of carbonyl (C=O) groups is 1. The molecule has 2 nitrogen and oxygen atoms in total. The second-order valence-corrected chi connectivity index (χ2v) is 3.29. The number of hydrogen-bond donors (Lipinski definition) is 0. The molecule has 2 heteroatoms. The molecule has 0 bridgehead atoms. The average molecular weight is 281 g/mol. The molecule has 0 aromatic heterocycles. The van der Waals surface area contributed by atoms with Gasteiger partial charge in [0.15, 0.2) is 0 Å². The highest BCUT2D eigenvalue weighted by Crippen LogP contribution is 2.10. The van der Waals surface area contributed by atoms with Crippen LogP contribution in [0.1, 0.15) is 71.3 Å². The van der Waals surface area contributed by atoms with E-state index in [9.17, 15) is 4.79 Å². The van der Waals surface area contributed by atoms with E-state index in [2.05, 4.69) is 0 Å². The first-order valence-electron chi connectivity index (χ1n) is 8.05. The van der Waals surface area contributed by atoms with Crippen molar-refractivity contribution in [2.45, 2.75) is 62.3 Å². The zero-order valence-electron chi connectivity index (χ0n) is 15.1. The number of rotatable bonds is 3. The van der Waals surface area contributed by atoms with Crippen LogP contribution in [0.2, 0.25) is 0 Å². The summed E-state index contributed by atoms with van der Waals surface area (Å²) in [6.07, 6.45) is 0. The molecule has 0 aliphatic rings. The minimum atomic E-state index is 0.133. The van der Waals surface area contributed by atoms with Crippen LogP contribution in [-0.4, -0.2) is 23.9 Å². The van der Waals surface area contributed by atoms with Gasteiger partial charge in [-0.15, -0.1) is 0 Å². The first-order chi connectivity index (χ1) is 9.70. The van der Waals surface area contributed by atoms with Gasteiger partial charge in [0.05, 0.1) is 0 Å². The van der Waals surface area contributed by atoms with E-state index < -0.39 is 0 Å². The maximum absolute atomic E-state index is 12.0. The quantitative estimate of drug-likeness (QED) is 0.710. The number of carbonyl (C=O) groups excluding carboxylic acids is 1. The van der Waals surface area contributed by atoms with Crippen molar-refractivity contribution in [1.29, 1.82) is 0 Å². The molecule has 0 unspecified atom stereocenters. The fourth-order valence-corrected chi connectivity index (χ4v) is 1.49. The Bertz CT molecular complexity index is 317. The van der Waals surface area contributed by atoms with E-state index in [4.69, 9.17) is 0 Å². The van der Waals surface area contributed by atoms with Crippen LogP contribution in [0.15, 0.2) is 24.3 Å². The molecule has 1 aromatic rings. The van der Waals surface area contributed by atoms with Gasteiger partial charge in [-0.05, 0) is 32.4 Å². The third-order valence-electron chi connectivity index (χ3n) is 2.43. The largest absolute Gasteiger partial charge is 0.339 e. The Morgan fingerprint density at radius 1 is 0.900 bits per heavy atom. The molecule has 1 aromatic carbocycles. The lowest BCUT2D eigenvalue weighted by atomic mass is 10.1. The smallest absolute Gasteiger partial charge is 0.254 e. The second kappa shape index (κ2) is 17.7. The molecule has 1 amide bonds. The van der Waals surface area contributed by atoms with Gasteiger partial charge >= 0.3 is 0 Å². The van der Waals surface area contributed by atoms with Crippen molar-refractivity contribution in [3.8, 4) is 0 Å². The topological polar surface area (TPSA) is 20.3 Å². The molecule has 0 heterocycles. The van der Waals surface area contributed by atoms with Gasteiger partial charge in [0, 0.05) is 18.7 Å². The number of nitrogens with zero attached hydrogens (tertiary/aromatic N) is 1. The number of amides is 1. The molecule has 0 spiro atoms. The van der Waals surface area contributed by atoms with Crippen molar-refractivity contribution in [2.75, 3.05) is 13.1 Å². The minimum Gasteiger partial charge on any atom is -0.339 e. The molecule has 0 aliphatic heterocycles. The van der Waals surface area contributed by atoms with Crippen LogP contribution in [0.3, 0.4) is 0 Å². The lowest BCUT2D eigenvalue weighted by Crippen LogP contribution is -2.30. The normalized spacial score (nSPS) is 7.85. The second-order valence-electron chi connectivity index (χ2n) is 3.29. The fourth-order valence-electron chi connectivity index (χ4n) is 1.49. The molecular weight excluding hydrogens is 246 g/mol. The molecule has 1 rings (SSSR count). The Kier molecular flexibility index (Phi) is 21.0. The predicted octanol–water partition coefficient (Wildman–Crippen LogP) is 5.56. The molecule has 118 valence electrons. The number of hydrogen-bond acceptors (Lipinski definition) is 1. The first-order valence-corrected chi connectivity index (χ1v) is 8.05. The van der Waals surface area contributed by atoms with Gasteiger partial charge < -0.3 is 4.90 Å². The van der Waals surface area contributed by atoms with Crippen LogP contribution in [0, 0.1) is 6.92 Å². The van der Waals surface area contributed by atoms with Crippen LogP contribution in [-0.2, 0) is 0 Å². The molecular formula is C18H35NO. The molecule has 0 atom stereocenters. The van der Waals surface area contributed by atoms with E-state index in [0.717, 1.165) is 24.2 Å². The molecule has 0 radical (unpaired) electrons. The lowest BCUT2D eigenvalue weighted by molar-refractivity contribution is 0.0772. The summed E-state index contributed by atoms with van der Waals surface area (Å²) in [6.45, 7) is 19.5. The maximum atomic E-state index is 12.0. The highest BCUT2D eigenvalue weighted by molar-refractivity contribution is 5.95. The van der Waals surface area contributed by atoms with Crippen molar-refractivity contribution in [2.24, 2.45) is 0 Å². The molecule has 0 saturated carbocycles. The Morgan fingerprint density at radius 3 is 1.65 bits per heavy atom. The van der Waals surface area contributed by atoms with E-state index in [-0.39, 0.29) is 5.91 Å². The van der Waals surface area contributed by atoms with E-state index in [1.165, 1.54) is 0 Å². The van der Waals surface area contributed by atoms with Gasteiger partial charge in [-0.25, -0.2) is 0 Å². The van der Waals surface area contributed by atoms with Crippen molar-refractivity contribution in [3.63, 3.8) is 0 Å². The Balaban J connectivity index is -0.000000425. The summed E-state index contributed by atoms with van der Waals surface area (Å²) in [4.78, 5) is 13.8. The van der Waals surface area contributed by atoms with E-state index in [0.29, 0.717) is 0 Å². The van der Waals surface area contributed by atoms with Crippen molar-refractivity contribution >= 4 is 5.91 Å². The van der Waals surface area contributed by atoms with E-state index in [1.807, 2.05) is 91.5 Å². The van der Waals surface area contributed by atoms with Crippen molar-refractivity contribution in [3.05, 3.63) is 35.4 Å². The lowest BCUT2D eigenvalue weighted by Gasteiger charge is -2.19. The Labute approximate surface area is 127 Å². The first kappa shape index (κ1) is 23.8. The minimum absolute atomic E-state index is 0.133. The summed E-state index contributed by atoms with van der Waals surface area (Å²) < 4.78 is 0. The summed E-state index contributed by atoms with van der Waals surface area (Å²) in [5.74, 6) is 0.133. The fraction of sp³-hybridized carbons (Fsp3) is 0.611. The zero-order valence-corrected chi connectivity index (χ0v) is 15.1. The van der Waals surface area contributed by atoms with Gasteiger partial charge in [0.25, 0.3) is 5.91 Å². The summed E-state index contributed by atoms with van der Waals surface area (Å²) in [7, 11) is 0. The number of aryl methyl sites for hydroxylation is 1. The molecule has 0 aliphatic carbocycles. The van der Waals surface area contributed by atoms with Crippen LogP contribution in [0.4, 0.5) is 0 Å². The van der Waals surface area contributed by atoms with Crippen LogP contribution in [0.25, 0.3) is 0 Å². The number of benzene rings is 1. The maximum Gasteiger partial charge on any atom is 0.254 e. The summed E-state index contributed by atoms with van der Waals surface area (Å²) in [6, 6.07) is 7.71. The standard InChI is InChI=1S/C12H17NO.3C2H6/c1-4-13(5-2)12(14)11-9-7-6-8-10(11)3;3*1-2/h6-9H,4-5H2,1-3H3;3*1-2H3. The monoisotopic (exact) mass is 281 g/mol. The zero-order chi connectivity index (χ0) is 16.6. The highest BCUT2D eigenvalue weighted by atomic mass is 16.2. The molecule has 0 saturated heterocycles. The van der Waals surface area contributed by atoms with Gasteiger partial charge in [-0.1, -0.05) is 59.7 Å². The van der Waals surface area contributed by atoms with E-state index in [1.54, 1.807) is 0 Å². The third-order valence-corrected chi connectivity index (χ3v) is 2.43. The van der Waals surface area contributed by atoms with Crippen LogP contribution in [0.5, 0.6) is 0 Å². The predicted molar refractivity (Wildman–Crippen MR) is 92.5 cm³/mol. The average Bonchev–Trinajstić information content (AvgIpc) is 2.54. The molecule has 0 fully saturated rings. The highest BCUT2D eigenvalue weighted by Gasteiger charge is 2.13. The van der Waals surface area contributed by atoms with E-state index >= 15 is 0 Å². The molecule has 0 N–H and O–H groups in total. The van der Waals surface area contributed by atoms with Gasteiger partial charge in [0.1, 0.15) is 0 Å². The van der Waals surface area contributed by atoms with Crippen molar-refractivity contribution in [1.82, 2.24) is 4.90 Å². The van der Waals surface area contributed by atoms with Gasteiger partial charge in [-0.2, -0.15) is 0 Å². The van der Waals surface area contributed by atoms with Crippen LogP contribution >= 0.6 is 0 Å². The summed E-state index contributed by atoms with van der Waals surface area (Å²) >= 11 is 0. The Morgan fingerprint density at radius 2 is 1.30 bits per heavy atom. The van der Waals surface area contributed by atoms with Crippen LogP contribution < -0.4 is 0 Å². The Hall–Kier alpha value is -1.31. The van der Waals surface area contributed by atoms with Gasteiger partial charge in [0.2, 0.25) is 0 Å². The molecule has 20 heavy (non-hydrogen) atoms.